The van der Waals surface area contributed by atoms with Gasteiger partial charge in [-0.15, -0.1) is 11.3 Å². The maximum absolute atomic E-state index is 12.5. The van der Waals surface area contributed by atoms with Gasteiger partial charge in [0.25, 0.3) is 5.91 Å². The van der Waals surface area contributed by atoms with Crippen molar-refractivity contribution in [2.45, 2.75) is 20.3 Å². The van der Waals surface area contributed by atoms with Gasteiger partial charge in [0.2, 0.25) is 0 Å². The van der Waals surface area contributed by atoms with Crippen molar-refractivity contribution in [1.82, 2.24) is 9.38 Å². The summed E-state index contributed by atoms with van der Waals surface area (Å²) in [7, 11) is 0. The molecule has 5 heteroatoms. The topological polar surface area (TPSA) is 46.4 Å². The highest BCUT2D eigenvalue weighted by atomic mass is 32.1. The Morgan fingerprint density at radius 1 is 1.45 bits per heavy atom. The van der Waals surface area contributed by atoms with Gasteiger partial charge in [0.15, 0.2) is 4.96 Å². The van der Waals surface area contributed by atoms with Crippen LogP contribution in [0.2, 0.25) is 0 Å². The summed E-state index contributed by atoms with van der Waals surface area (Å²) in [4.78, 5) is 17.5. The lowest BCUT2D eigenvalue weighted by Crippen LogP contribution is -2.16. The average Bonchev–Trinajstić information content (AvgIpc) is 3.03. The molecule has 3 aromatic rings. The second-order valence-electron chi connectivity index (χ2n) is 4.62. The number of anilines is 1. The molecule has 1 aromatic carbocycles. The molecule has 4 nitrogen and oxygen atoms in total. The summed E-state index contributed by atoms with van der Waals surface area (Å²) < 4.78 is 1.81. The van der Waals surface area contributed by atoms with Crippen molar-refractivity contribution < 1.29 is 4.79 Å². The Morgan fingerprint density at radius 2 is 2.30 bits per heavy atom. The molecule has 0 atom stereocenters. The van der Waals surface area contributed by atoms with E-state index in [0.717, 1.165) is 28.2 Å². The van der Waals surface area contributed by atoms with Gasteiger partial charge in [0.05, 0.1) is 0 Å². The number of aryl methyl sites for hydroxylation is 2. The number of hydrogen-bond donors (Lipinski definition) is 1. The van der Waals surface area contributed by atoms with E-state index in [2.05, 4.69) is 17.2 Å². The number of rotatable bonds is 3. The van der Waals surface area contributed by atoms with Crippen LogP contribution in [0.4, 0.5) is 5.69 Å². The van der Waals surface area contributed by atoms with Crippen LogP contribution < -0.4 is 5.32 Å². The summed E-state index contributed by atoms with van der Waals surface area (Å²) >= 11 is 1.46. The molecule has 0 aliphatic rings. The fraction of sp³-hybridized carbons (Fsp3) is 0.200. The van der Waals surface area contributed by atoms with Crippen molar-refractivity contribution in [3.05, 3.63) is 52.8 Å². The van der Waals surface area contributed by atoms with Crippen LogP contribution in [0, 0.1) is 6.92 Å². The monoisotopic (exact) mass is 285 g/mol. The highest BCUT2D eigenvalue weighted by Crippen LogP contribution is 2.23. The largest absolute Gasteiger partial charge is 0.320 e. The maximum Gasteiger partial charge on any atom is 0.273 e. The molecule has 1 N–H and O–H groups in total. The lowest BCUT2D eigenvalue weighted by Gasteiger charge is -2.12. The Balaban J connectivity index is 1.96. The molecular weight excluding hydrogens is 270 g/mol. The summed E-state index contributed by atoms with van der Waals surface area (Å²) in [5.41, 5.74) is 3.76. The first-order chi connectivity index (χ1) is 9.70. The van der Waals surface area contributed by atoms with Gasteiger partial charge in [0.1, 0.15) is 5.69 Å². The minimum absolute atomic E-state index is 0.0988. The number of para-hydroxylation sites is 1. The lowest BCUT2D eigenvalue weighted by atomic mass is 10.1. The predicted octanol–water partition coefficient (Wildman–Crippen LogP) is 3.52. The molecule has 0 saturated carbocycles. The Hall–Kier alpha value is -2.14. The normalized spacial score (nSPS) is 10.9. The number of hydrogen-bond acceptors (Lipinski definition) is 3. The second-order valence-corrected chi connectivity index (χ2v) is 5.45. The van der Waals surface area contributed by atoms with E-state index in [0.29, 0.717) is 5.69 Å². The number of nitrogens with one attached hydrogen (secondary N) is 1. The molecule has 0 saturated heterocycles. The summed E-state index contributed by atoms with van der Waals surface area (Å²) in [5.74, 6) is -0.0988. The van der Waals surface area contributed by atoms with Crippen molar-refractivity contribution in [2.75, 3.05) is 5.32 Å². The molecule has 1 amide bonds. The Kier molecular flexibility index (Phi) is 3.28. The van der Waals surface area contributed by atoms with Crippen LogP contribution in [-0.2, 0) is 6.42 Å². The zero-order chi connectivity index (χ0) is 14.1. The number of benzene rings is 1. The third-order valence-corrected chi connectivity index (χ3v) is 4.21. The highest BCUT2D eigenvalue weighted by Gasteiger charge is 2.15. The molecule has 0 aliphatic carbocycles. The summed E-state index contributed by atoms with van der Waals surface area (Å²) in [6.07, 6.45) is 4.40. The molecular formula is C15H15N3OS. The van der Waals surface area contributed by atoms with Gasteiger partial charge < -0.3 is 5.32 Å². The van der Waals surface area contributed by atoms with Crippen molar-refractivity contribution in [3.8, 4) is 0 Å². The fourth-order valence-corrected chi connectivity index (χ4v) is 3.10. The van der Waals surface area contributed by atoms with Gasteiger partial charge in [-0.1, -0.05) is 25.1 Å². The molecule has 0 unspecified atom stereocenters. The number of thiazole rings is 1. The fourth-order valence-electron chi connectivity index (χ4n) is 2.27. The second kappa shape index (κ2) is 5.09. The van der Waals surface area contributed by atoms with Crippen LogP contribution in [0.15, 0.2) is 36.0 Å². The lowest BCUT2D eigenvalue weighted by molar-refractivity contribution is 0.102. The van der Waals surface area contributed by atoms with Gasteiger partial charge in [-0.2, -0.15) is 0 Å². The molecule has 20 heavy (non-hydrogen) atoms. The van der Waals surface area contributed by atoms with Gasteiger partial charge in [0, 0.05) is 23.5 Å². The molecule has 0 bridgehead atoms. The van der Waals surface area contributed by atoms with Crippen molar-refractivity contribution in [3.63, 3.8) is 0 Å². The Labute approximate surface area is 121 Å². The summed E-state index contributed by atoms with van der Waals surface area (Å²) in [6, 6.07) is 6.07. The van der Waals surface area contributed by atoms with Gasteiger partial charge in [-0.25, -0.2) is 4.98 Å². The van der Waals surface area contributed by atoms with Crippen LogP contribution in [0.3, 0.4) is 0 Å². The zero-order valence-corrected chi connectivity index (χ0v) is 12.2. The molecule has 0 aliphatic heterocycles. The van der Waals surface area contributed by atoms with Crippen LogP contribution in [-0.4, -0.2) is 15.3 Å². The van der Waals surface area contributed by atoms with Gasteiger partial charge in [-0.3, -0.25) is 9.20 Å². The van der Waals surface area contributed by atoms with Crippen molar-refractivity contribution >= 4 is 27.9 Å². The minimum atomic E-state index is -0.0988. The van der Waals surface area contributed by atoms with Crippen LogP contribution in [0.5, 0.6) is 0 Å². The standard InChI is InChI=1S/C15H15N3OS/c1-3-11-6-4-5-10(2)13(11)17-14(19)12-9-20-15-16-7-8-18(12)15/h4-9H,3H2,1-2H3,(H,17,19). The molecule has 2 heterocycles. The van der Waals surface area contributed by atoms with Gasteiger partial charge in [-0.05, 0) is 24.5 Å². The zero-order valence-electron chi connectivity index (χ0n) is 11.4. The maximum atomic E-state index is 12.5. The van der Waals surface area contributed by atoms with Crippen molar-refractivity contribution in [2.24, 2.45) is 0 Å². The van der Waals surface area contributed by atoms with E-state index in [1.807, 2.05) is 34.9 Å². The first-order valence-corrected chi connectivity index (χ1v) is 7.39. The van der Waals surface area contributed by atoms with E-state index in [9.17, 15) is 4.79 Å². The number of amides is 1. The van der Waals surface area contributed by atoms with Crippen LogP contribution >= 0.6 is 11.3 Å². The van der Waals surface area contributed by atoms with E-state index in [1.165, 1.54) is 11.3 Å². The van der Waals surface area contributed by atoms with E-state index in [1.54, 1.807) is 12.4 Å². The first kappa shape index (κ1) is 12.9. The third-order valence-electron chi connectivity index (χ3n) is 3.35. The number of fused-ring (bicyclic) bond motifs is 1. The summed E-state index contributed by atoms with van der Waals surface area (Å²) in [5, 5.41) is 4.87. The minimum Gasteiger partial charge on any atom is -0.320 e. The van der Waals surface area contributed by atoms with Crippen molar-refractivity contribution in [1.29, 1.82) is 0 Å². The van der Waals surface area contributed by atoms with Gasteiger partial charge >= 0.3 is 0 Å². The van der Waals surface area contributed by atoms with E-state index in [4.69, 9.17) is 0 Å². The van der Waals surface area contributed by atoms with Crippen LogP contribution in [0.1, 0.15) is 28.5 Å². The molecule has 2 aromatic heterocycles. The quantitative estimate of drug-likeness (QED) is 0.800. The Bertz CT molecular complexity index is 772. The average molecular weight is 285 g/mol. The third kappa shape index (κ3) is 2.10. The molecule has 3 rings (SSSR count). The Morgan fingerprint density at radius 3 is 3.10 bits per heavy atom. The summed E-state index contributed by atoms with van der Waals surface area (Å²) in [6.45, 7) is 4.10. The van der Waals surface area contributed by atoms with E-state index in [-0.39, 0.29) is 5.91 Å². The van der Waals surface area contributed by atoms with E-state index < -0.39 is 0 Å². The number of carbonyl (C=O) groups is 1. The number of aromatic nitrogens is 2. The smallest absolute Gasteiger partial charge is 0.273 e. The van der Waals surface area contributed by atoms with E-state index >= 15 is 0 Å². The highest BCUT2D eigenvalue weighted by molar-refractivity contribution is 7.15. The molecule has 102 valence electrons. The first-order valence-electron chi connectivity index (χ1n) is 6.51. The SMILES string of the molecule is CCc1cccc(C)c1NC(=O)c1csc2nccn12. The number of imidazole rings is 1. The molecule has 0 spiro atoms. The predicted molar refractivity (Wildman–Crippen MR) is 81.6 cm³/mol. The molecule has 0 radical (unpaired) electrons. The van der Waals surface area contributed by atoms with Crippen LogP contribution in [0.25, 0.3) is 4.96 Å². The number of nitrogens with zero attached hydrogens (tertiary/aromatic N) is 2. The molecule has 0 fully saturated rings. The number of carbonyl (C=O) groups excluding carboxylic acids is 1.